The molecule has 112 valence electrons. The minimum absolute atomic E-state index is 0.0906. The molecule has 0 saturated heterocycles. The van der Waals surface area contributed by atoms with Crippen molar-refractivity contribution in [3.8, 4) is 5.88 Å². The average Bonchev–Trinajstić information content (AvgIpc) is 2.34. The van der Waals surface area contributed by atoms with Gasteiger partial charge in [0.1, 0.15) is 5.82 Å². The fourth-order valence-corrected chi connectivity index (χ4v) is 1.30. The Morgan fingerprint density at radius 2 is 2.10 bits per heavy atom. The van der Waals surface area contributed by atoms with E-state index < -0.39 is 12.0 Å². The van der Waals surface area contributed by atoms with Gasteiger partial charge in [-0.15, -0.1) is 6.58 Å². The normalized spacial score (nSPS) is 11.2. The zero-order valence-electron chi connectivity index (χ0n) is 11.5. The van der Waals surface area contributed by atoms with Gasteiger partial charge in [0, 0.05) is 19.0 Å². The molecule has 0 fully saturated rings. The second-order valence-electron chi connectivity index (χ2n) is 4.40. The first-order valence-corrected chi connectivity index (χ1v) is 6.30. The number of anilines is 1. The standard InChI is InChI=1S/C13H18F3N3O/c1-4-6-17-10-8-11(20-7-5-9(2)3)19-12(18-10)13(14,15)16/h8H,2,4-7H2,1,3H3,(H,17,18,19). The van der Waals surface area contributed by atoms with Crippen LogP contribution in [0.25, 0.3) is 0 Å². The Morgan fingerprint density at radius 3 is 2.65 bits per heavy atom. The fourth-order valence-electron chi connectivity index (χ4n) is 1.30. The monoisotopic (exact) mass is 289 g/mol. The maximum atomic E-state index is 12.7. The number of rotatable bonds is 7. The van der Waals surface area contributed by atoms with Gasteiger partial charge in [-0.25, -0.2) is 4.98 Å². The van der Waals surface area contributed by atoms with Crippen molar-refractivity contribution in [2.75, 3.05) is 18.5 Å². The maximum absolute atomic E-state index is 12.7. The summed E-state index contributed by atoms with van der Waals surface area (Å²) in [5.41, 5.74) is 0.888. The van der Waals surface area contributed by atoms with E-state index in [2.05, 4.69) is 21.9 Å². The van der Waals surface area contributed by atoms with Crippen molar-refractivity contribution in [2.45, 2.75) is 32.9 Å². The van der Waals surface area contributed by atoms with E-state index in [4.69, 9.17) is 4.74 Å². The van der Waals surface area contributed by atoms with Gasteiger partial charge in [0.2, 0.25) is 11.7 Å². The van der Waals surface area contributed by atoms with E-state index in [0.717, 1.165) is 12.0 Å². The molecule has 0 bridgehead atoms. The lowest BCUT2D eigenvalue weighted by Gasteiger charge is -2.12. The Kier molecular flexibility index (Phi) is 5.79. The molecule has 1 heterocycles. The Labute approximate surface area is 116 Å². The van der Waals surface area contributed by atoms with Crippen molar-refractivity contribution in [3.05, 3.63) is 24.0 Å². The Hall–Kier alpha value is -1.79. The van der Waals surface area contributed by atoms with Gasteiger partial charge in [0.05, 0.1) is 6.61 Å². The summed E-state index contributed by atoms with van der Waals surface area (Å²) < 4.78 is 43.3. The zero-order valence-corrected chi connectivity index (χ0v) is 11.5. The van der Waals surface area contributed by atoms with Crippen LogP contribution in [-0.4, -0.2) is 23.1 Å². The highest BCUT2D eigenvalue weighted by molar-refractivity contribution is 5.38. The Balaban J connectivity index is 2.88. The van der Waals surface area contributed by atoms with Crippen molar-refractivity contribution < 1.29 is 17.9 Å². The molecule has 4 nitrogen and oxygen atoms in total. The van der Waals surface area contributed by atoms with Crippen molar-refractivity contribution in [2.24, 2.45) is 0 Å². The van der Waals surface area contributed by atoms with E-state index in [1.54, 1.807) is 0 Å². The van der Waals surface area contributed by atoms with Crippen LogP contribution >= 0.6 is 0 Å². The predicted octanol–water partition coefficient (Wildman–Crippen LogP) is 3.66. The molecule has 0 spiro atoms. The van der Waals surface area contributed by atoms with Gasteiger partial charge in [-0.2, -0.15) is 18.2 Å². The van der Waals surface area contributed by atoms with Gasteiger partial charge in [-0.1, -0.05) is 12.5 Å². The van der Waals surface area contributed by atoms with Crippen LogP contribution in [0.5, 0.6) is 5.88 Å². The number of nitrogens with one attached hydrogen (secondary N) is 1. The van der Waals surface area contributed by atoms with Gasteiger partial charge < -0.3 is 10.1 Å². The second-order valence-corrected chi connectivity index (χ2v) is 4.40. The van der Waals surface area contributed by atoms with Gasteiger partial charge in [-0.05, 0) is 13.3 Å². The van der Waals surface area contributed by atoms with Crippen LogP contribution in [0.4, 0.5) is 19.0 Å². The fraction of sp³-hybridized carbons (Fsp3) is 0.538. The van der Waals surface area contributed by atoms with Crippen molar-refractivity contribution in [3.63, 3.8) is 0 Å². The van der Waals surface area contributed by atoms with Crippen LogP contribution in [-0.2, 0) is 6.18 Å². The zero-order chi connectivity index (χ0) is 15.2. The number of aromatic nitrogens is 2. The van der Waals surface area contributed by atoms with E-state index in [1.165, 1.54) is 6.07 Å². The van der Waals surface area contributed by atoms with E-state index in [0.29, 0.717) is 13.0 Å². The first kappa shape index (κ1) is 16.3. The van der Waals surface area contributed by atoms with Crippen molar-refractivity contribution in [1.82, 2.24) is 9.97 Å². The van der Waals surface area contributed by atoms with Crippen LogP contribution in [0, 0.1) is 0 Å². The third kappa shape index (κ3) is 5.46. The molecule has 7 heteroatoms. The second kappa shape index (κ2) is 7.12. The van der Waals surface area contributed by atoms with Crippen LogP contribution in [0.1, 0.15) is 32.5 Å². The summed E-state index contributed by atoms with van der Waals surface area (Å²) in [5, 5.41) is 2.80. The summed E-state index contributed by atoms with van der Waals surface area (Å²) in [4.78, 5) is 6.82. The Morgan fingerprint density at radius 1 is 1.40 bits per heavy atom. The average molecular weight is 289 g/mol. The molecule has 0 aliphatic rings. The molecular weight excluding hydrogens is 271 g/mol. The maximum Gasteiger partial charge on any atom is 0.451 e. The topological polar surface area (TPSA) is 47.0 Å². The third-order valence-electron chi connectivity index (χ3n) is 2.29. The minimum Gasteiger partial charge on any atom is -0.477 e. The van der Waals surface area contributed by atoms with Crippen LogP contribution < -0.4 is 10.1 Å². The molecule has 0 saturated carbocycles. The third-order valence-corrected chi connectivity index (χ3v) is 2.29. The highest BCUT2D eigenvalue weighted by Gasteiger charge is 2.35. The molecule has 20 heavy (non-hydrogen) atoms. The number of ether oxygens (including phenoxy) is 1. The number of nitrogens with zero attached hydrogens (tertiary/aromatic N) is 2. The van der Waals surface area contributed by atoms with E-state index >= 15 is 0 Å². The highest BCUT2D eigenvalue weighted by atomic mass is 19.4. The first-order valence-electron chi connectivity index (χ1n) is 6.30. The smallest absolute Gasteiger partial charge is 0.451 e. The van der Waals surface area contributed by atoms with E-state index in [1.807, 2.05) is 13.8 Å². The lowest BCUT2D eigenvalue weighted by atomic mass is 10.3. The minimum atomic E-state index is -4.60. The van der Waals surface area contributed by atoms with Crippen LogP contribution in [0.15, 0.2) is 18.2 Å². The molecule has 0 aliphatic heterocycles. The number of halogens is 3. The summed E-state index contributed by atoms with van der Waals surface area (Å²) in [6.45, 7) is 8.18. The van der Waals surface area contributed by atoms with Crippen molar-refractivity contribution in [1.29, 1.82) is 0 Å². The van der Waals surface area contributed by atoms with Crippen LogP contribution in [0.3, 0.4) is 0 Å². The summed E-state index contributed by atoms with van der Waals surface area (Å²) in [6.07, 6.45) is -3.27. The van der Waals surface area contributed by atoms with Gasteiger partial charge >= 0.3 is 6.18 Å². The SMILES string of the molecule is C=C(C)CCOc1cc(NCCC)nc(C(F)(F)F)n1. The van der Waals surface area contributed by atoms with Gasteiger partial charge in [0.25, 0.3) is 0 Å². The van der Waals surface area contributed by atoms with E-state index in [9.17, 15) is 13.2 Å². The quantitative estimate of drug-likeness (QED) is 0.778. The summed E-state index contributed by atoms with van der Waals surface area (Å²) in [7, 11) is 0. The number of hydrogen-bond donors (Lipinski definition) is 1. The molecule has 0 atom stereocenters. The number of alkyl halides is 3. The van der Waals surface area contributed by atoms with E-state index in [-0.39, 0.29) is 18.3 Å². The van der Waals surface area contributed by atoms with Gasteiger partial charge in [-0.3, -0.25) is 0 Å². The predicted molar refractivity (Wildman–Crippen MR) is 70.7 cm³/mol. The molecular formula is C13H18F3N3O. The largest absolute Gasteiger partial charge is 0.477 e. The highest BCUT2D eigenvalue weighted by Crippen LogP contribution is 2.29. The molecule has 1 aromatic rings. The number of hydrogen-bond acceptors (Lipinski definition) is 4. The lowest BCUT2D eigenvalue weighted by Crippen LogP contribution is -2.14. The summed E-state index contributed by atoms with van der Waals surface area (Å²) in [5.74, 6) is -1.18. The molecule has 0 amide bonds. The molecule has 1 aromatic heterocycles. The lowest BCUT2D eigenvalue weighted by molar-refractivity contribution is -0.145. The van der Waals surface area contributed by atoms with Crippen LogP contribution in [0.2, 0.25) is 0 Å². The molecule has 0 aliphatic carbocycles. The molecule has 0 radical (unpaired) electrons. The summed E-state index contributed by atoms with van der Waals surface area (Å²) >= 11 is 0. The van der Waals surface area contributed by atoms with Crippen molar-refractivity contribution >= 4 is 5.82 Å². The Bertz CT molecular complexity index is 461. The molecule has 1 N–H and O–H groups in total. The molecule has 0 aromatic carbocycles. The molecule has 1 rings (SSSR count). The first-order chi connectivity index (χ1) is 9.32. The van der Waals surface area contributed by atoms with Gasteiger partial charge in [0.15, 0.2) is 0 Å². The molecule has 0 unspecified atom stereocenters. The summed E-state index contributed by atoms with van der Waals surface area (Å²) in [6, 6.07) is 1.36.